The van der Waals surface area contributed by atoms with E-state index in [0.29, 0.717) is 0 Å². The molecule has 0 radical (unpaired) electrons. The third-order valence-electron chi connectivity index (χ3n) is 11.4. The Morgan fingerprint density at radius 1 is 0.388 bits per heavy atom. The third-order valence-corrected chi connectivity index (χ3v) is 11.4. The van der Waals surface area contributed by atoms with E-state index in [1.165, 1.54) is 77.1 Å². The standard InChI is InChI=1S/C47H27NO/c1-2-12-30-28(11-1)21-24-43-46(30)35-16-6-10-20-42(35)48(43)29-22-23-34-37-26-36-33-15-5-9-19-40(33)47(41(36)27-45(37)49-44(34)25-29)38-17-7-3-13-31(38)32-14-4-8-18-39(32)47/h1-27H. The molecule has 0 aliphatic heterocycles. The highest BCUT2D eigenvalue weighted by atomic mass is 16.3. The predicted octanol–water partition coefficient (Wildman–Crippen LogP) is 12.2. The van der Waals surface area contributed by atoms with Gasteiger partial charge in [-0.3, -0.25) is 0 Å². The van der Waals surface area contributed by atoms with Crippen LogP contribution in [0.4, 0.5) is 0 Å². The van der Waals surface area contributed by atoms with Crippen molar-refractivity contribution in [2.24, 2.45) is 0 Å². The van der Waals surface area contributed by atoms with Crippen LogP contribution in [-0.2, 0) is 5.41 Å². The molecule has 2 heterocycles. The first kappa shape index (κ1) is 25.7. The molecule has 12 rings (SSSR count). The van der Waals surface area contributed by atoms with Gasteiger partial charge < -0.3 is 8.98 Å². The van der Waals surface area contributed by atoms with Crippen molar-refractivity contribution >= 4 is 54.5 Å². The van der Waals surface area contributed by atoms with Crippen molar-refractivity contribution in [3.05, 3.63) is 186 Å². The van der Waals surface area contributed by atoms with Gasteiger partial charge in [0, 0.05) is 33.3 Å². The highest BCUT2D eigenvalue weighted by molar-refractivity contribution is 6.21. The van der Waals surface area contributed by atoms with Crippen LogP contribution in [0.25, 0.3) is 82.5 Å². The first-order valence-corrected chi connectivity index (χ1v) is 17.0. The summed E-state index contributed by atoms with van der Waals surface area (Å²) in [7, 11) is 0. The Morgan fingerprint density at radius 2 is 1.00 bits per heavy atom. The van der Waals surface area contributed by atoms with Crippen LogP contribution in [0.15, 0.2) is 168 Å². The monoisotopic (exact) mass is 621 g/mol. The molecular weight excluding hydrogens is 595 g/mol. The maximum atomic E-state index is 6.87. The van der Waals surface area contributed by atoms with Gasteiger partial charge in [-0.2, -0.15) is 0 Å². The lowest BCUT2D eigenvalue weighted by Gasteiger charge is -2.30. The normalized spacial score (nSPS) is 13.9. The largest absolute Gasteiger partial charge is 0.456 e. The Morgan fingerprint density at radius 3 is 1.76 bits per heavy atom. The van der Waals surface area contributed by atoms with Crippen LogP contribution in [0.3, 0.4) is 0 Å². The summed E-state index contributed by atoms with van der Waals surface area (Å²) in [5.41, 5.74) is 15.5. The van der Waals surface area contributed by atoms with Crippen LogP contribution in [-0.4, -0.2) is 4.57 Å². The fraction of sp³-hybridized carbons (Fsp3) is 0.0213. The maximum absolute atomic E-state index is 6.87. The van der Waals surface area contributed by atoms with Gasteiger partial charge in [0.1, 0.15) is 11.2 Å². The van der Waals surface area contributed by atoms with E-state index < -0.39 is 0 Å². The second-order valence-corrected chi connectivity index (χ2v) is 13.6. The van der Waals surface area contributed by atoms with Gasteiger partial charge in [-0.05, 0) is 91.7 Å². The molecule has 0 atom stereocenters. The van der Waals surface area contributed by atoms with Gasteiger partial charge in [-0.25, -0.2) is 0 Å². The molecule has 1 spiro atoms. The molecular formula is C47H27NO. The molecule has 226 valence electrons. The van der Waals surface area contributed by atoms with E-state index in [1.54, 1.807) is 0 Å². The molecule has 2 aliphatic rings. The zero-order valence-corrected chi connectivity index (χ0v) is 26.4. The van der Waals surface area contributed by atoms with E-state index in [0.717, 1.165) is 27.6 Å². The number of benzene rings is 8. The molecule has 2 aromatic heterocycles. The first-order chi connectivity index (χ1) is 24.3. The predicted molar refractivity (Wildman–Crippen MR) is 202 cm³/mol. The number of furan rings is 1. The van der Waals surface area contributed by atoms with Gasteiger partial charge in [-0.1, -0.05) is 121 Å². The van der Waals surface area contributed by atoms with Crippen LogP contribution < -0.4 is 0 Å². The summed E-state index contributed by atoms with van der Waals surface area (Å²) in [6, 6.07) is 60.3. The SMILES string of the molecule is c1ccc2c(c1)-c1ccccc1C21c2ccccc2-c2cc3c(cc21)oc1cc(-n2c4ccccc4c4c5ccccc5ccc42)ccc13. The summed E-state index contributed by atoms with van der Waals surface area (Å²) < 4.78 is 9.27. The minimum absolute atomic E-state index is 0.386. The number of nitrogens with zero attached hydrogens (tertiary/aromatic N) is 1. The van der Waals surface area contributed by atoms with Crippen molar-refractivity contribution in [2.45, 2.75) is 5.41 Å². The fourth-order valence-corrected chi connectivity index (χ4v) is 9.51. The molecule has 8 aromatic carbocycles. The topological polar surface area (TPSA) is 18.1 Å². The summed E-state index contributed by atoms with van der Waals surface area (Å²) in [4.78, 5) is 0. The lowest BCUT2D eigenvalue weighted by atomic mass is 9.70. The van der Waals surface area contributed by atoms with Gasteiger partial charge in [-0.15, -0.1) is 0 Å². The van der Waals surface area contributed by atoms with E-state index in [2.05, 4.69) is 168 Å². The molecule has 2 aliphatic carbocycles. The average molecular weight is 622 g/mol. The maximum Gasteiger partial charge on any atom is 0.137 e. The lowest BCUT2D eigenvalue weighted by Crippen LogP contribution is -2.25. The summed E-state index contributed by atoms with van der Waals surface area (Å²) in [6.45, 7) is 0. The quantitative estimate of drug-likeness (QED) is 0.178. The number of hydrogen-bond acceptors (Lipinski definition) is 1. The molecule has 0 saturated carbocycles. The van der Waals surface area contributed by atoms with Crippen molar-refractivity contribution in [1.82, 2.24) is 4.57 Å². The van der Waals surface area contributed by atoms with Crippen molar-refractivity contribution in [2.75, 3.05) is 0 Å². The van der Waals surface area contributed by atoms with Crippen molar-refractivity contribution in [1.29, 1.82) is 0 Å². The number of fused-ring (bicyclic) bond motifs is 18. The van der Waals surface area contributed by atoms with E-state index in [-0.39, 0.29) is 5.41 Å². The molecule has 2 nitrogen and oxygen atoms in total. The summed E-state index contributed by atoms with van der Waals surface area (Å²) >= 11 is 0. The van der Waals surface area contributed by atoms with E-state index in [4.69, 9.17) is 4.42 Å². The zero-order valence-electron chi connectivity index (χ0n) is 26.4. The smallest absolute Gasteiger partial charge is 0.137 e. The molecule has 10 aromatic rings. The highest BCUT2D eigenvalue weighted by Crippen LogP contribution is 2.63. The number of aromatic nitrogens is 1. The fourth-order valence-electron chi connectivity index (χ4n) is 9.51. The lowest BCUT2D eigenvalue weighted by molar-refractivity contribution is 0.666. The number of para-hydroxylation sites is 1. The second kappa shape index (κ2) is 8.94. The van der Waals surface area contributed by atoms with Crippen LogP contribution >= 0.6 is 0 Å². The second-order valence-electron chi connectivity index (χ2n) is 13.6. The van der Waals surface area contributed by atoms with Crippen LogP contribution in [0.1, 0.15) is 22.3 Å². The molecule has 49 heavy (non-hydrogen) atoms. The molecule has 0 fully saturated rings. The Labute approximate surface area is 282 Å². The van der Waals surface area contributed by atoms with Gasteiger partial charge in [0.15, 0.2) is 0 Å². The van der Waals surface area contributed by atoms with Gasteiger partial charge >= 0.3 is 0 Å². The molecule has 0 bridgehead atoms. The van der Waals surface area contributed by atoms with E-state index in [9.17, 15) is 0 Å². The minimum Gasteiger partial charge on any atom is -0.456 e. The van der Waals surface area contributed by atoms with E-state index >= 15 is 0 Å². The Balaban J connectivity index is 1.13. The van der Waals surface area contributed by atoms with Gasteiger partial charge in [0.25, 0.3) is 0 Å². The van der Waals surface area contributed by atoms with Crippen LogP contribution in [0, 0.1) is 0 Å². The number of hydrogen-bond donors (Lipinski definition) is 0. The molecule has 0 N–H and O–H groups in total. The van der Waals surface area contributed by atoms with Crippen molar-refractivity contribution in [3.8, 4) is 27.9 Å². The zero-order chi connectivity index (χ0) is 31.8. The van der Waals surface area contributed by atoms with Crippen molar-refractivity contribution in [3.63, 3.8) is 0 Å². The Bertz CT molecular complexity index is 3020. The van der Waals surface area contributed by atoms with Crippen LogP contribution in [0.5, 0.6) is 0 Å². The molecule has 2 heteroatoms. The van der Waals surface area contributed by atoms with Crippen LogP contribution in [0.2, 0.25) is 0 Å². The third kappa shape index (κ3) is 3.04. The molecule has 0 unspecified atom stereocenters. The Hall–Kier alpha value is -6.38. The van der Waals surface area contributed by atoms with Gasteiger partial charge in [0.05, 0.1) is 16.4 Å². The average Bonchev–Trinajstić information content (AvgIpc) is 3.87. The molecule has 0 saturated heterocycles. The van der Waals surface area contributed by atoms with Crippen molar-refractivity contribution < 1.29 is 4.42 Å². The summed E-state index contributed by atoms with van der Waals surface area (Å²) in [5.74, 6) is 0. The number of rotatable bonds is 1. The van der Waals surface area contributed by atoms with Gasteiger partial charge in [0.2, 0.25) is 0 Å². The summed E-state index contributed by atoms with van der Waals surface area (Å²) in [5, 5.41) is 7.37. The highest BCUT2D eigenvalue weighted by Gasteiger charge is 2.51. The molecule has 0 amide bonds. The van der Waals surface area contributed by atoms with E-state index in [1.807, 2.05) is 0 Å². The summed E-state index contributed by atoms with van der Waals surface area (Å²) in [6.07, 6.45) is 0. The first-order valence-electron chi connectivity index (χ1n) is 17.0. The Kier molecular flexibility index (Phi) is 4.69. The minimum atomic E-state index is -0.386.